The van der Waals surface area contributed by atoms with Crippen LogP contribution in [0.3, 0.4) is 0 Å². The van der Waals surface area contributed by atoms with Crippen LogP contribution in [0.2, 0.25) is 0 Å². The summed E-state index contributed by atoms with van der Waals surface area (Å²) in [5.74, 6) is -0.0421. The minimum Gasteiger partial charge on any atom is -0.462 e. The normalized spacial score (nSPS) is 13.3. The maximum atomic E-state index is 12.6. The van der Waals surface area contributed by atoms with Gasteiger partial charge in [-0.25, -0.2) is 18.7 Å². The van der Waals surface area contributed by atoms with Crippen molar-refractivity contribution in [1.29, 1.82) is 0 Å². The van der Waals surface area contributed by atoms with Crippen LogP contribution in [0.25, 0.3) is 0 Å². The number of fused-ring (bicyclic) bond motifs is 1. The minimum atomic E-state index is -1.18. The minimum absolute atomic E-state index is 0.0155. The van der Waals surface area contributed by atoms with E-state index in [0.29, 0.717) is 11.5 Å². The zero-order chi connectivity index (χ0) is 19.2. The number of rotatable bonds is 8. The van der Waals surface area contributed by atoms with E-state index in [4.69, 9.17) is 18.9 Å². The van der Waals surface area contributed by atoms with Gasteiger partial charge in [-0.1, -0.05) is 19.4 Å². The van der Waals surface area contributed by atoms with Crippen molar-refractivity contribution >= 4 is 11.9 Å². The topological polar surface area (TPSA) is 79.9 Å². The van der Waals surface area contributed by atoms with E-state index >= 15 is 0 Å². The molecule has 8 nitrogen and oxygen atoms in total. The van der Waals surface area contributed by atoms with E-state index in [1.807, 2.05) is 6.92 Å². The van der Waals surface area contributed by atoms with Gasteiger partial charge in [-0.15, -0.1) is 0 Å². The molecule has 0 bridgehead atoms. The first-order valence-corrected chi connectivity index (χ1v) is 8.83. The van der Waals surface area contributed by atoms with Gasteiger partial charge < -0.3 is 18.9 Å². The molecule has 1 aliphatic heterocycles. The lowest BCUT2D eigenvalue weighted by Crippen LogP contribution is -2.32. The Morgan fingerprint density at radius 3 is 2.74 bits per heavy atom. The highest BCUT2D eigenvalue weighted by atomic mass is 16.7. The number of hydrogen-bond donors (Lipinski definition) is 0. The van der Waals surface area contributed by atoms with Gasteiger partial charge in [0.05, 0.1) is 13.7 Å². The average molecular weight is 375 g/mol. The summed E-state index contributed by atoms with van der Waals surface area (Å²) in [6.07, 6.45) is 6.63. The van der Waals surface area contributed by atoms with Crippen molar-refractivity contribution in [2.45, 2.75) is 32.4 Å². The summed E-state index contributed by atoms with van der Waals surface area (Å²) in [5.41, 5.74) is 0.740. The van der Waals surface area contributed by atoms with E-state index in [-0.39, 0.29) is 20.0 Å². The van der Waals surface area contributed by atoms with Gasteiger partial charge in [0.2, 0.25) is 13.1 Å². The average Bonchev–Trinajstić information content (AvgIpc) is 3.29. The fraction of sp³-hybridized carbons (Fsp3) is 0.421. The monoisotopic (exact) mass is 375 g/mol. The molecule has 1 aliphatic rings. The Morgan fingerprint density at radius 1 is 1.22 bits per heavy atom. The summed E-state index contributed by atoms with van der Waals surface area (Å²) < 4.78 is 24.4. The summed E-state index contributed by atoms with van der Waals surface area (Å²) in [6, 6.07) is 4.11. The number of unbranched alkanes of at least 4 members (excludes halogenated alkanes) is 1. The SMILES string of the molecule is CCCCOC(=O)C(C(=O)OCc1ccc2c(c1)OCO2)n1cc[n+](C)c1. The third kappa shape index (κ3) is 4.58. The second kappa shape index (κ2) is 8.57. The smallest absolute Gasteiger partial charge is 0.364 e. The van der Waals surface area contributed by atoms with Crippen LogP contribution in [-0.2, 0) is 32.7 Å². The molecule has 0 saturated heterocycles. The van der Waals surface area contributed by atoms with Crippen LogP contribution in [0.5, 0.6) is 11.5 Å². The zero-order valence-electron chi connectivity index (χ0n) is 15.4. The maximum Gasteiger partial charge on any atom is 0.364 e. The highest BCUT2D eigenvalue weighted by molar-refractivity contribution is 5.97. The van der Waals surface area contributed by atoms with E-state index < -0.39 is 18.0 Å². The predicted molar refractivity (Wildman–Crippen MR) is 92.9 cm³/mol. The third-order valence-electron chi connectivity index (χ3n) is 4.09. The molecule has 1 unspecified atom stereocenters. The Hall–Kier alpha value is -3.03. The molecule has 0 saturated carbocycles. The molecule has 2 heterocycles. The maximum absolute atomic E-state index is 12.6. The molecule has 0 spiro atoms. The molecule has 0 amide bonds. The molecule has 1 aromatic heterocycles. The molecule has 0 aliphatic carbocycles. The van der Waals surface area contributed by atoms with Crippen LogP contribution in [0.1, 0.15) is 31.4 Å². The van der Waals surface area contributed by atoms with Gasteiger partial charge in [-0.3, -0.25) is 0 Å². The number of aromatic nitrogens is 2. The van der Waals surface area contributed by atoms with Crippen molar-refractivity contribution in [1.82, 2.24) is 4.57 Å². The van der Waals surface area contributed by atoms with Crippen LogP contribution in [0, 0.1) is 0 Å². The number of carbonyl (C=O) groups is 2. The Kier molecular flexibility index (Phi) is 5.95. The van der Waals surface area contributed by atoms with Crippen molar-refractivity contribution in [3.05, 3.63) is 42.5 Å². The number of esters is 2. The molecule has 0 fully saturated rings. The van der Waals surface area contributed by atoms with E-state index in [0.717, 1.165) is 18.4 Å². The Balaban J connectivity index is 1.67. The zero-order valence-corrected chi connectivity index (χ0v) is 15.4. The quantitative estimate of drug-likeness (QED) is 0.302. The molecule has 144 valence electrons. The van der Waals surface area contributed by atoms with Crippen LogP contribution in [-0.4, -0.2) is 29.9 Å². The Morgan fingerprint density at radius 2 is 2.00 bits per heavy atom. The largest absolute Gasteiger partial charge is 0.462 e. The lowest BCUT2D eigenvalue weighted by Gasteiger charge is -2.13. The molecule has 2 aromatic rings. The standard InChI is InChI=1S/C19H23N2O6/c1-3-4-9-24-18(22)17(21-8-7-20(2)12-21)19(23)25-11-14-5-6-15-16(10-14)27-13-26-15/h5-8,10,12,17H,3-4,9,11,13H2,1-2H3/q+1. The van der Waals surface area contributed by atoms with Gasteiger partial charge in [0, 0.05) is 0 Å². The molecule has 27 heavy (non-hydrogen) atoms. The fourth-order valence-electron chi connectivity index (χ4n) is 2.62. The van der Waals surface area contributed by atoms with Gasteiger partial charge >= 0.3 is 11.9 Å². The number of imidazole rings is 1. The van der Waals surface area contributed by atoms with E-state index in [9.17, 15) is 9.59 Å². The van der Waals surface area contributed by atoms with Gasteiger partial charge in [-0.05, 0) is 24.1 Å². The lowest BCUT2D eigenvalue weighted by atomic mass is 10.2. The van der Waals surface area contributed by atoms with Crippen LogP contribution < -0.4 is 14.0 Å². The first-order chi connectivity index (χ1) is 13.1. The first kappa shape index (κ1) is 18.8. The second-order valence-electron chi connectivity index (χ2n) is 6.25. The number of hydrogen-bond acceptors (Lipinski definition) is 6. The molecule has 1 aromatic carbocycles. The van der Waals surface area contributed by atoms with Crippen molar-refractivity contribution < 1.29 is 33.1 Å². The summed E-state index contributed by atoms with van der Waals surface area (Å²) in [7, 11) is 1.80. The van der Waals surface area contributed by atoms with Crippen molar-refractivity contribution in [2.75, 3.05) is 13.4 Å². The Labute approximate surface area is 157 Å². The number of ether oxygens (including phenoxy) is 4. The summed E-state index contributed by atoms with van der Waals surface area (Å²) in [4.78, 5) is 25.1. The number of aryl methyl sites for hydroxylation is 1. The molecule has 0 radical (unpaired) electrons. The van der Waals surface area contributed by atoms with E-state index in [1.165, 1.54) is 4.57 Å². The van der Waals surface area contributed by atoms with E-state index in [1.54, 1.807) is 48.5 Å². The third-order valence-corrected chi connectivity index (χ3v) is 4.09. The molecule has 3 rings (SSSR count). The molecule has 8 heteroatoms. The summed E-state index contributed by atoms with van der Waals surface area (Å²) in [5, 5.41) is 0. The van der Waals surface area contributed by atoms with Crippen molar-refractivity contribution in [3.8, 4) is 11.5 Å². The number of carbonyl (C=O) groups excluding carboxylic acids is 2. The summed E-state index contributed by atoms with van der Waals surface area (Å²) >= 11 is 0. The van der Waals surface area contributed by atoms with Crippen molar-refractivity contribution in [2.24, 2.45) is 7.05 Å². The number of nitrogens with zero attached hydrogens (tertiary/aromatic N) is 2. The van der Waals surface area contributed by atoms with Crippen LogP contribution >= 0.6 is 0 Å². The lowest BCUT2D eigenvalue weighted by molar-refractivity contribution is -0.671. The fourth-order valence-corrected chi connectivity index (χ4v) is 2.62. The summed E-state index contributed by atoms with van der Waals surface area (Å²) in [6.45, 7) is 2.46. The van der Waals surface area contributed by atoms with Crippen molar-refractivity contribution in [3.63, 3.8) is 0 Å². The van der Waals surface area contributed by atoms with Gasteiger partial charge in [0.1, 0.15) is 19.0 Å². The second-order valence-corrected chi connectivity index (χ2v) is 6.25. The molecular formula is C19H23N2O6+. The van der Waals surface area contributed by atoms with Gasteiger partial charge in [-0.2, -0.15) is 0 Å². The highest BCUT2D eigenvalue weighted by Gasteiger charge is 2.36. The van der Waals surface area contributed by atoms with Crippen LogP contribution in [0.15, 0.2) is 36.9 Å². The van der Waals surface area contributed by atoms with Gasteiger partial charge in [0.15, 0.2) is 11.5 Å². The van der Waals surface area contributed by atoms with Crippen LogP contribution in [0.4, 0.5) is 0 Å². The number of benzene rings is 1. The molecule has 1 atom stereocenters. The van der Waals surface area contributed by atoms with Gasteiger partial charge in [0.25, 0.3) is 6.04 Å². The molecular weight excluding hydrogens is 352 g/mol. The Bertz CT molecular complexity index is 816. The highest BCUT2D eigenvalue weighted by Crippen LogP contribution is 2.32. The van der Waals surface area contributed by atoms with E-state index in [2.05, 4.69) is 0 Å². The molecule has 0 N–H and O–H groups in total. The predicted octanol–water partition coefficient (Wildman–Crippen LogP) is 1.67. The first-order valence-electron chi connectivity index (χ1n) is 8.83.